The molecule has 0 fully saturated rings. The van der Waals surface area contributed by atoms with Crippen LogP contribution in [0.3, 0.4) is 0 Å². The molecule has 0 aromatic carbocycles. The third kappa shape index (κ3) is 10.7. The molecule has 0 aliphatic rings. The van der Waals surface area contributed by atoms with Gasteiger partial charge in [0.05, 0.1) is 12.7 Å². The fraction of sp³-hybridized carbons (Fsp3) is 1.00. The molecular formula is C13H34O5Si3. The summed E-state index contributed by atoms with van der Waals surface area (Å²) < 4.78 is 12.7. The van der Waals surface area contributed by atoms with E-state index in [1.807, 2.05) is 0 Å². The lowest BCUT2D eigenvalue weighted by Gasteiger charge is -2.38. The summed E-state index contributed by atoms with van der Waals surface area (Å²) in [6.07, 6.45) is -0.759. The minimum Gasteiger partial charge on any atom is -0.437 e. The highest BCUT2D eigenvalue weighted by Gasteiger charge is 2.39. The maximum absolute atomic E-state index is 9.72. The second-order valence-electron chi connectivity index (χ2n) is 7.77. The van der Waals surface area contributed by atoms with Crippen molar-refractivity contribution in [2.24, 2.45) is 0 Å². The summed E-state index contributed by atoms with van der Waals surface area (Å²) in [7, 11) is -5.65. The molecule has 0 aromatic heterocycles. The Morgan fingerprint density at radius 2 is 1.24 bits per heavy atom. The summed E-state index contributed by atoms with van der Waals surface area (Å²) in [5.41, 5.74) is 0. The van der Waals surface area contributed by atoms with Gasteiger partial charge in [0.25, 0.3) is 0 Å². The van der Waals surface area contributed by atoms with E-state index < -0.39 is 44.0 Å². The molecule has 0 amide bonds. The second kappa shape index (κ2) is 8.34. The van der Waals surface area contributed by atoms with Crippen molar-refractivity contribution >= 4 is 25.2 Å². The van der Waals surface area contributed by atoms with Crippen LogP contribution in [-0.4, -0.2) is 59.3 Å². The Bertz CT molecular complexity index is 285. The van der Waals surface area contributed by atoms with Crippen LogP contribution in [0.5, 0.6) is 0 Å². The summed E-state index contributed by atoms with van der Waals surface area (Å²) in [5, 5.41) is 27.9. The van der Waals surface area contributed by atoms with Gasteiger partial charge in [0.15, 0.2) is 16.6 Å². The zero-order chi connectivity index (χ0) is 16.9. The Labute approximate surface area is 132 Å². The van der Waals surface area contributed by atoms with Gasteiger partial charge in [0.1, 0.15) is 6.10 Å². The van der Waals surface area contributed by atoms with E-state index in [1.54, 1.807) is 0 Å². The van der Waals surface area contributed by atoms with Crippen molar-refractivity contribution < 1.29 is 23.5 Å². The monoisotopic (exact) mass is 354 g/mol. The highest BCUT2D eigenvalue weighted by atomic mass is 28.5. The van der Waals surface area contributed by atoms with Crippen molar-refractivity contribution in [2.45, 2.75) is 76.9 Å². The molecule has 0 heterocycles. The van der Waals surface area contributed by atoms with Crippen molar-refractivity contribution in [1.29, 1.82) is 0 Å². The first-order valence-electron chi connectivity index (χ1n) is 7.65. The smallest absolute Gasteiger partial charge is 0.314 e. The lowest BCUT2D eigenvalue weighted by molar-refractivity contribution is -0.0179. The minimum atomic E-state index is -2.26. The van der Waals surface area contributed by atoms with E-state index in [4.69, 9.17) is 13.3 Å². The Hall–Kier alpha value is 0.451. The van der Waals surface area contributed by atoms with Gasteiger partial charge < -0.3 is 23.5 Å². The first-order chi connectivity index (χ1) is 9.28. The van der Waals surface area contributed by atoms with Crippen molar-refractivity contribution in [1.82, 2.24) is 0 Å². The molecule has 0 radical (unpaired) electrons. The molecule has 0 saturated carbocycles. The number of aliphatic hydroxyl groups excluding tert-OH is 3. The van der Waals surface area contributed by atoms with Crippen LogP contribution >= 0.6 is 0 Å². The topological polar surface area (TPSA) is 79.2 Å². The quantitative estimate of drug-likeness (QED) is 0.524. The van der Waals surface area contributed by atoms with Crippen LogP contribution in [-0.2, 0) is 8.23 Å². The number of hydrogen-bond acceptors (Lipinski definition) is 5. The molecule has 2 atom stereocenters. The van der Waals surface area contributed by atoms with E-state index in [0.717, 1.165) is 12.5 Å². The van der Waals surface area contributed by atoms with Crippen LogP contribution < -0.4 is 0 Å². The lowest BCUT2D eigenvalue weighted by Crippen LogP contribution is -2.52. The molecule has 5 nitrogen and oxygen atoms in total. The average molecular weight is 355 g/mol. The maximum atomic E-state index is 9.72. The Balaban J connectivity index is 4.62. The second-order valence-corrected chi connectivity index (χ2v) is 20.6. The highest BCUT2D eigenvalue weighted by Crippen LogP contribution is 2.26. The van der Waals surface area contributed by atoms with E-state index in [-0.39, 0.29) is 0 Å². The van der Waals surface area contributed by atoms with Gasteiger partial charge in [-0.3, -0.25) is 0 Å². The summed E-state index contributed by atoms with van der Waals surface area (Å²) in [5.74, 6) is 0. The van der Waals surface area contributed by atoms with Crippen LogP contribution in [0.2, 0.25) is 51.9 Å². The first-order valence-corrected chi connectivity index (χ1v) is 17.0. The third-order valence-corrected chi connectivity index (χ3v) is 12.4. The molecule has 2 unspecified atom stereocenters. The molecule has 0 aromatic rings. The van der Waals surface area contributed by atoms with Crippen molar-refractivity contribution in [3.8, 4) is 0 Å². The molecule has 21 heavy (non-hydrogen) atoms. The van der Waals surface area contributed by atoms with E-state index in [0.29, 0.717) is 6.42 Å². The largest absolute Gasteiger partial charge is 0.437 e. The molecular weight excluding hydrogens is 320 g/mol. The SMILES string of the molecule is C[Si](C)(C)O[Si](C)(CCCC(O)C(O)CO)O[Si](C)(C)C. The van der Waals surface area contributed by atoms with Crippen molar-refractivity contribution in [3.63, 3.8) is 0 Å². The molecule has 0 bridgehead atoms. The molecule has 0 spiro atoms. The molecule has 128 valence electrons. The molecule has 0 aliphatic heterocycles. The van der Waals surface area contributed by atoms with Gasteiger partial charge >= 0.3 is 8.56 Å². The average Bonchev–Trinajstić information content (AvgIpc) is 2.21. The normalized spacial score (nSPS) is 16.9. The van der Waals surface area contributed by atoms with Gasteiger partial charge in [-0.25, -0.2) is 0 Å². The lowest BCUT2D eigenvalue weighted by atomic mass is 10.1. The van der Waals surface area contributed by atoms with Gasteiger partial charge in [0, 0.05) is 0 Å². The number of aliphatic hydroxyl groups is 3. The number of rotatable bonds is 10. The van der Waals surface area contributed by atoms with Crippen molar-refractivity contribution in [3.05, 3.63) is 0 Å². The Morgan fingerprint density at radius 3 is 1.57 bits per heavy atom. The van der Waals surface area contributed by atoms with Crippen LogP contribution in [0, 0.1) is 0 Å². The van der Waals surface area contributed by atoms with E-state index in [1.165, 1.54) is 0 Å². The van der Waals surface area contributed by atoms with Crippen LogP contribution in [0.4, 0.5) is 0 Å². The molecule has 3 N–H and O–H groups in total. The molecule has 0 aliphatic carbocycles. The summed E-state index contributed by atoms with van der Waals surface area (Å²) >= 11 is 0. The van der Waals surface area contributed by atoms with Gasteiger partial charge in [0.2, 0.25) is 0 Å². The fourth-order valence-corrected chi connectivity index (χ4v) is 14.9. The molecule has 0 rings (SSSR count). The van der Waals surface area contributed by atoms with E-state index in [2.05, 4.69) is 45.8 Å². The van der Waals surface area contributed by atoms with Crippen LogP contribution in [0.25, 0.3) is 0 Å². The maximum Gasteiger partial charge on any atom is 0.314 e. The summed E-state index contributed by atoms with van der Waals surface area (Å²) in [6, 6.07) is 0.802. The summed E-state index contributed by atoms with van der Waals surface area (Å²) in [6.45, 7) is 14.7. The van der Waals surface area contributed by atoms with Crippen molar-refractivity contribution in [2.75, 3.05) is 6.61 Å². The Kier molecular flexibility index (Phi) is 8.52. The Morgan fingerprint density at radius 1 is 0.810 bits per heavy atom. The number of hydrogen-bond donors (Lipinski definition) is 3. The predicted molar refractivity (Wildman–Crippen MR) is 93.6 cm³/mol. The zero-order valence-corrected chi connectivity index (χ0v) is 17.6. The van der Waals surface area contributed by atoms with Gasteiger partial charge in [-0.1, -0.05) is 0 Å². The van der Waals surface area contributed by atoms with Crippen LogP contribution in [0.15, 0.2) is 0 Å². The van der Waals surface area contributed by atoms with Crippen LogP contribution in [0.1, 0.15) is 12.8 Å². The molecule has 0 saturated heterocycles. The predicted octanol–water partition coefficient (Wildman–Crippen LogP) is 2.26. The third-order valence-electron chi connectivity index (χ3n) is 2.81. The first kappa shape index (κ1) is 21.5. The van der Waals surface area contributed by atoms with E-state index in [9.17, 15) is 10.2 Å². The van der Waals surface area contributed by atoms with E-state index >= 15 is 0 Å². The summed E-state index contributed by atoms with van der Waals surface area (Å²) in [4.78, 5) is 0. The van der Waals surface area contributed by atoms with Gasteiger partial charge in [-0.05, 0) is 64.7 Å². The standard InChI is InChI=1S/C13H34O5Si3/c1-19(2,3)17-21(7,18-20(4,5)6)10-8-9-12(15)13(16)11-14/h12-16H,8-11H2,1-7H3. The van der Waals surface area contributed by atoms with Gasteiger partial charge in [-0.15, -0.1) is 0 Å². The highest BCUT2D eigenvalue weighted by molar-refractivity contribution is 6.87. The minimum absolute atomic E-state index is 0.410. The fourth-order valence-electron chi connectivity index (χ4n) is 2.36. The molecule has 8 heteroatoms. The zero-order valence-electron chi connectivity index (χ0n) is 14.6. The van der Waals surface area contributed by atoms with Gasteiger partial charge in [-0.2, -0.15) is 0 Å².